The van der Waals surface area contributed by atoms with Crippen LogP contribution < -0.4 is 5.56 Å². The van der Waals surface area contributed by atoms with E-state index in [0.29, 0.717) is 28.4 Å². The van der Waals surface area contributed by atoms with E-state index in [-0.39, 0.29) is 17.1 Å². The van der Waals surface area contributed by atoms with Crippen molar-refractivity contribution >= 4 is 28.2 Å². The van der Waals surface area contributed by atoms with Crippen molar-refractivity contribution in [2.75, 3.05) is 6.61 Å². The van der Waals surface area contributed by atoms with Gasteiger partial charge in [0.2, 0.25) is 0 Å². The molecule has 3 aromatic heterocycles. The zero-order chi connectivity index (χ0) is 21.8. The molecule has 1 unspecified atom stereocenters. The summed E-state index contributed by atoms with van der Waals surface area (Å²) in [4.78, 5) is 18.4. The first-order valence-electron chi connectivity index (χ1n) is 10.6. The number of para-hydroxylation sites is 1. The van der Waals surface area contributed by atoms with Gasteiger partial charge in [-0.05, 0) is 31.4 Å². The molecule has 1 saturated heterocycles. The molecule has 5 rings (SSSR count). The molecule has 0 saturated carbocycles. The lowest BCUT2D eigenvalue weighted by Gasteiger charge is -2.24. The van der Waals surface area contributed by atoms with Gasteiger partial charge >= 0.3 is 0 Å². The molecule has 8 nitrogen and oxygen atoms in total. The Hall–Kier alpha value is -2.71. The Labute approximate surface area is 184 Å². The van der Waals surface area contributed by atoms with E-state index in [9.17, 15) is 4.79 Å². The molecule has 31 heavy (non-hydrogen) atoms. The van der Waals surface area contributed by atoms with Gasteiger partial charge in [-0.25, -0.2) is 4.98 Å². The van der Waals surface area contributed by atoms with Gasteiger partial charge in [0.05, 0.1) is 40.6 Å². The molecule has 0 spiro atoms. The van der Waals surface area contributed by atoms with Crippen LogP contribution in [0.5, 0.6) is 0 Å². The van der Waals surface area contributed by atoms with Crippen LogP contribution in [0.4, 0.5) is 0 Å². The van der Waals surface area contributed by atoms with Gasteiger partial charge in [-0.3, -0.25) is 9.20 Å². The molecule has 4 heterocycles. The lowest BCUT2D eigenvalue weighted by molar-refractivity contribution is 0.00620. The van der Waals surface area contributed by atoms with Gasteiger partial charge in [-0.2, -0.15) is 4.68 Å². The summed E-state index contributed by atoms with van der Waals surface area (Å²) in [5.74, 6) is 0.465. The quantitative estimate of drug-likeness (QED) is 0.484. The Morgan fingerprint density at radius 2 is 2.06 bits per heavy atom. The number of nitrogens with zero attached hydrogens (tertiary/aromatic N) is 6. The summed E-state index contributed by atoms with van der Waals surface area (Å²) in [6.45, 7) is 7.40. The summed E-state index contributed by atoms with van der Waals surface area (Å²) in [6.07, 6.45) is 6.43. The minimum atomic E-state index is -0.214. The molecule has 0 bridgehead atoms. The number of fused-ring (bicyclic) bond motifs is 3. The third-order valence-electron chi connectivity index (χ3n) is 5.87. The number of hydrogen-bond acceptors (Lipinski definition) is 5. The van der Waals surface area contributed by atoms with Crippen molar-refractivity contribution in [1.82, 2.24) is 28.9 Å². The van der Waals surface area contributed by atoms with Gasteiger partial charge < -0.3 is 9.30 Å². The summed E-state index contributed by atoms with van der Waals surface area (Å²) in [6, 6.07) is 5.63. The molecule has 0 aliphatic carbocycles. The highest BCUT2D eigenvalue weighted by atomic mass is 35.5. The Morgan fingerprint density at radius 1 is 1.23 bits per heavy atom. The molecule has 1 atom stereocenters. The number of ether oxygens (including phenoxy) is 1. The van der Waals surface area contributed by atoms with E-state index in [2.05, 4.69) is 36.1 Å². The predicted octanol–water partition coefficient (Wildman–Crippen LogP) is 3.75. The number of hydrogen-bond donors (Lipinski definition) is 0. The molecule has 0 radical (unpaired) electrons. The van der Waals surface area contributed by atoms with Gasteiger partial charge in [0.1, 0.15) is 6.33 Å². The van der Waals surface area contributed by atoms with E-state index in [4.69, 9.17) is 16.3 Å². The SMILES string of the molecule is CC(C)(C)c1cnnn1-c1ncn2c1c(=O)n(CC1CCCCO1)c1c(Cl)cccc12. The minimum Gasteiger partial charge on any atom is -0.376 e. The van der Waals surface area contributed by atoms with Gasteiger partial charge in [0.25, 0.3) is 5.56 Å². The Balaban J connectivity index is 1.80. The van der Waals surface area contributed by atoms with Gasteiger partial charge in [0, 0.05) is 12.0 Å². The van der Waals surface area contributed by atoms with Crippen molar-refractivity contribution in [2.24, 2.45) is 0 Å². The van der Waals surface area contributed by atoms with Gasteiger partial charge in [0.15, 0.2) is 11.3 Å². The number of imidazole rings is 1. The van der Waals surface area contributed by atoms with Crippen molar-refractivity contribution in [3.05, 3.63) is 51.8 Å². The highest BCUT2D eigenvalue weighted by molar-refractivity contribution is 6.35. The molecule has 4 aromatic rings. The standard InChI is InChI=1S/C22H25ClN6O2/c1-22(2,3)17-11-25-26-29(17)20-19-21(30)27(12-14-7-4-5-10-31-14)18-15(23)8-6-9-16(18)28(19)13-24-20/h6,8-9,11,13-14H,4-5,7,10,12H2,1-3H3. The zero-order valence-corrected chi connectivity index (χ0v) is 18.6. The van der Waals surface area contributed by atoms with Crippen LogP contribution in [0.3, 0.4) is 0 Å². The number of rotatable bonds is 3. The fraction of sp³-hybridized carbons (Fsp3) is 0.455. The topological polar surface area (TPSA) is 79.2 Å². The molecule has 1 aliphatic heterocycles. The van der Waals surface area contributed by atoms with Crippen molar-refractivity contribution in [3.63, 3.8) is 0 Å². The Bertz CT molecular complexity index is 1320. The molecular weight excluding hydrogens is 416 g/mol. The molecular formula is C22H25ClN6O2. The first-order valence-corrected chi connectivity index (χ1v) is 11.0. The van der Waals surface area contributed by atoms with Crippen LogP contribution in [0.15, 0.2) is 35.5 Å². The summed E-state index contributed by atoms with van der Waals surface area (Å²) in [7, 11) is 0. The van der Waals surface area contributed by atoms with Crippen molar-refractivity contribution in [1.29, 1.82) is 0 Å². The fourth-order valence-corrected chi connectivity index (χ4v) is 4.57. The van der Waals surface area contributed by atoms with Crippen LogP contribution in [0, 0.1) is 0 Å². The summed E-state index contributed by atoms with van der Waals surface area (Å²) in [5, 5.41) is 8.87. The normalized spacial score (nSPS) is 17.6. The van der Waals surface area contributed by atoms with Gasteiger partial charge in [-0.15, -0.1) is 5.10 Å². The number of benzene rings is 1. The van der Waals surface area contributed by atoms with Crippen LogP contribution >= 0.6 is 11.6 Å². The van der Waals surface area contributed by atoms with Crippen molar-refractivity contribution in [3.8, 4) is 5.82 Å². The second-order valence-corrected chi connectivity index (χ2v) is 9.49. The van der Waals surface area contributed by atoms with E-state index in [0.717, 1.165) is 37.1 Å². The average Bonchev–Trinajstić information content (AvgIpc) is 3.39. The predicted molar refractivity (Wildman–Crippen MR) is 119 cm³/mol. The van der Waals surface area contributed by atoms with E-state index in [1.54, 1.807) is 32.2 Å². The maximum absolute atomic E-state index is 13.8. The van der Waals surface area contributed by atoms with E-state index < -0.39 is 0 Å². The summed E-state index contributed by atoms with van der Waals surface area (Å²) < 4.78 is 11.1. The molecule has 162 valence electrons. The van der Waals surface area contributed by atoms with Crippen LogP contribution in [0.2, 0.25) is 5.02 Å². The molecule has 9 heteroatoms. The lowest BCUT2D eigenvalue weighted by atomic mass is 9.93. The van der Waals surface area contributed by atoms with Crippen LogP contribution in [0.25, 0.3) is 22.4 Å². The number of halogens is 1. The summed E-state index contributed by atoms with van der Waals surface area (Å²) >= 11 is 6.58. The second kappa shape index (κ2) is 7.46. The van der Waals surface area contributed by atoms with E-state index in [1.807, 2.05) is 12.1 Å². The highest BCUT2D eigenvalue weighted by Gasteiger charge is 2.26. The molecule has 0 N–H and O–H groups in total. The fourth-order valence-electron chi connectivity index (χ4n) is 4.30. The third kappa shape index (κ3) is 3.34. The summed E-state index contributed by atoms with van der Waals surface area (Å²) in [5.41, 5.74) is 2.44. The monoisotopic (exact) mass is 440 g/mol. The number of aromatic nitrogens is 6. The minimum absolute atomic E-state index is 0.0174. The average molecular weight is 441 g/mol. The zero-order valence-electron chi connectivity index (χ0n) is 17.9. The smallest absolute Gasteiger partial charge is 0.279 e. The highest BCUT2D eigenvalue weighted by Crippen LogP contribution is 2.28. The maximum atomic E-state index is 13.8. The maximum Gasteiger partial charge on any atom is 0.279 e. The largest absolute Gasteiger partial charge is 0.376 e. The van der Waals surface area contributed by atoms with E-state index >= 15 is 0 Å². The first-order chi connectivity index (χ1) is 14.9. The molecule has 0 amide bonds. The second-order valence-electron chi connectivity index (χ2n) is 9.08. The van der Waals surface area contributed by atoms with Crippen LogP contribution in [-0.4, -0.2) is 41.7 Å². The van der Waals surface area contributed by atoms with Crippen LogP contribution in [0.1, 0.15) is 45.7 Å². The van der Waals surface area contributed by atoms with Gasteiger partial charge in [-0.1, -0.05) is 43.7 Å². The third-order valence-corrected chi connectivity index (χ3v) is 6.17. The molecule has 1 aliphatic rings. The Morgan fingerprint density at radius 3 is 2.81 bits per heavy atom. The first kappa shape index (κ1) is 20.2. The molecule has 1 aromatic carbocycles. The van der Waals surface area contributed by atoms with Crippen molar-refractivity contribution in [2.45, 2.75) is 58.1 Å². The van der Waals surface area contributed by atoms with E-state index in [1.165, 1.54) is 0 Å². The van der Waals surface area contributed by atoms with Crippen LogP contribution in [-0.2, 0) is 16.7 Å². The molecule has 1 fully saturated rings. The Kier molecular flexibility index (Phi) is 4.86. The lowest BCUT2D eigenvalue weighted by Crippen LogP contribution is -2.32. The van der Waals surface area contributed by atoms with Crippen molar-refractivity contribution < 1.29 is 4.74 Å².